The molecule has 1 saturated heterocycles. The molecule has 0 spiro atoms. The van der Waals surface area contributed by atoms with E-state index in [1.165, 1.54) is 0 Å². The molecule has 0 bridgehead atoms. The molecule has 0 radical (unpaired) electrons. The summed E-state index contributed by atoms with van der Waals surface area (Å²) in [6, 6.07) is 9.39. The molecular formula is C12H16N2O2S. The maximum atomic E-state index is 11.6. The molecule has 17 heavy (non-hydrogen) atoms. The van der Waals surface area contributed by atoms with E-state index in [2.05, 4.69) is 4.99 Å². The highest BCUT2D eigenvalue weighted by Gasteiger charge is 2.30. The molecule has 1 aliphatic rings. The lowest BCUT2D eigenvalue weighted by Gasteiger charge is -2.06. The van der Waals surface area contributed by atoms with Crippen molar-refractivity contribution in [2.45, 2.75) is 18.1 Å². The molecule has 4 nitrogen and oxygen atoms in total. The van der Waals surface area contributed by atoms with E-state index < -0.39 is 9.84 Å². The summed E-state index contributed by atoms with van der Waals surface area (Å²) < 4.78 is 23.2. The zero-order valence-electron chi connectivity index (χ0n) is 9.54. The molecule has 0 aromatic heterocycles. The fourth-order valence-corrected chi connectivity index (χ4v) is 3.69. The van der Waals surface area contributed by atoms with Crippen molar-refractivity contribution in [1.29, 1.82) is 0 Å². The quantitative estimate of drug-likeness (QED) is 0.643. The fourth-order valence-electron chi connectivity index (χ4n) is 1.96. The van der Waals surface area contributed by atoms with Crippen LogP contribution in [-0.2, 0) is 9.84 Å². The van der Waals surface area contributed by atoms with Crippen LogP contribution in [0.2, 0.25) is 0 Å². The van der Waals surface area contributed by atoms with Crippen molar-refractivity contribution in [3.8, 4) is 0 Å². The van der Waals surface area contributed by atoms with Gasteiger partial charge in [0.2, 0.25) is 0 Å². The van der Waals surface area contributed by atoms with Crippen molar-refractivity contribution in [2.24, 2.45) is 10.7 Å². The van der Waals surface area contributed by atoms with Gasteiger partial charge in [0.1, 0.15) is 5.84 Å². The summed E-state index contributed by atoms with van der Waals surface area (Å²) in [5.74, 6) is 0.700. The molecule has 1 aromatic carbocycles. The van der Waals surface area contributed by atoms with Gasteiger partial charge in [0.05, 0.1) is 17.5 Å². The van der Waals surface area contributed by atoms with Crippen LogP contribution in [0.15, 0.2) is 35.3 Å². The second-order valence-corrected chi connectivity index (χ2v) is 6.62. The largest absolute Gasteiger partial charge is 0.384 e. The molecule has 2 N–H and O–H groups in total. The van der Waals surface area contributed by atoms with E-state index in [4.69, 9.17) is 5.73 Å². The van der Waals surface area contributed by atoms with Gasteiger partial charge >= 0.3 is 0 Å². The van der Waals surface area contributed by atoms with Crippen LogP contribution in [-0.4, -0.2) is 31.8 Å². The molecule has 1 aromatic rings. The predicted octanol–water partition coefficient (Wildman–Crippen LogP) is 0.969. The van der Waals surface area contributed by atoms with Crippen LogP contribution in [0.25, 0.3) is 0 Å². The topological polar surface area (TPSA) is 72.5 Å². The van der Waals surface area contributed by atoms with Crippen molar-refractivity contribution in [1.82, 2.24) is 0 Å². The highest BCUT2D eigenvalue weighted by molar-refractivity contribution is 7.92. The molecule has 0 amide bonds. The molecule has 92 valence electrons. The van der Waals surface area contributed by atoms with E-state index >= 15 is 0 Å². The number of sulfone groups is 1. The fraction of sp³-hybridized carbons (Fsp3) is 0.417. The maximum absolute atomic E-state index is 11.6. The third-order valence-electron chi connectivity index (χ3n) is 3.00. The zero-order chi connectivity index (χ0) is 12.3. The number of nitrogens with two attached hydrogens (primary N) is 1. The first-order valence-electron chi connectivity index (χ1n) is 5.66. The second-order valence-electron chi connectivity index (χ2n) is 4.22. The molecule has 5 heteroatoms. The van der Waals surface area contributed by atoms with E-state index in [9.17, 15) is 8.42 Å². The number of nitrogens with zero attached hydrogens (tertiary/aromatic N) is 1. The number of rotatable bonds is 3. The highest BCUT2D eigenvalue weighted by atomic mass is 32.2. The number of amidine groups is 1. The van der Waals surface area contributed by atoms with Crippen LogP contribution < -0.4 is 5.73 Å². The standard InChI is InChI=1S/C12H16N2O2S/c13-12(10-5-2-1-3-6-10)14-9-11-7-4-8-17(11,15)16/h1-3,5-6,11H,4,7-9H2,(H2,13,14). The van der Waals surface area contributed by atoms with Crippen molar-refractivity contribution in [2.75, 3.05) is 12.3 Å². The molecule has 1 fully saturated rings. The lowest BCUT2D eigenvalue weighted by molar-refractivity contribution is 0.590. The summed E-state index contributed by atoms with van der Waals surface area (Å²) >= 11 is 0. The first kappa shape index (κ1) is 12.1. The smallest absolute Gasteiger partial charge is 0.154 e. The van der Waals surface area contributed by atoms with E-state index in [-0.39, 0.29) is 11.8 Å². The van der Waals surface area contributed by atoms with E-state index in [1.54, 1.807) is 0 Å². The Morgan fingerprint density at radius 2 is 2.06 bits per heavy atom. The van der Waals surface area contributed by atoms with Gasteiger partial charge < -0.3 is 5.73 Å². The van der Waals surface area contributed by atoms with Gasteiger partial charge in [-0.25, -0.2) is 8.42 Å². The van der Waals surface area contributed by atoms with E-state index in [0.717, 1.165) is 12.0 Å². The number of benzene rings is 1. The van der Waals surface area contributed by atoms with Gasteiger partial charge in [-0.15, -0.1) is 0 Å². The Morgan fingerprint density at radius 3 is 2.65 bits per heavy atom. The molecular weight excluding hydrogens is 236 g/mol. The molecule has 0 aliphatic carbocycles. The number of hydrogen-bond acceptors (Lipinski definition) is 3. The van der Waals surface area contributed by atoms with Crippen LogP contribution in [0.1, 0.15) is 18.4 Å². The van der Waals surface area contributed by atoms with Gasteiger partial charge in [-0.2, -0.15) is 0 Å². The van der Waals surface area contributed by atoms with Gasteiger partial charge in [-0.1, -0.05) is 30.3 Å². The Hall–Kier alpha value is -1.36. The van der Waals surface area contributed by atoms with Gasteiger partial charge in [-0.05, 0) is 12.8 Å². The van der Waals surface area contributed by atoms with Gasteiger partial charge in [-0.3, -0.25) is 4.99 Å². The molecule has 2 rings (SSSR count). The molecule has 1 aliphatic heterocycles. The first-order valence-corrected chi connectivity index (χ1v) is 7.38. The van der Waals surface area contributed by atoms with Crippen LogP contribution in [0, 0.1) is 0 Å². The summed E-state index contributed by atoms with van der Waals surface area (Å²) in [7, 11) is -2.93. The second kappa shape index (κ2) is 4.87. The minimum atomic E-state index is -2.93. The highest BCUT2D eigenvalue weighted by Crippen LogP contribution is 2.20. The average molecular weight is 252 g/mol. The summed E-state index contributed by atoms with van der Waals surface area (Å²) in [6.45, 7) is 0.281. The Morgan fingerprint density at radius 1 is 1.35 bits per heavy atom. The third kappa shape index (κ3) is 2.85. The SMILES string of the molecule is NC(=NCC1CCCS1(=O)=O)c1ccccc1. The summed E-state index contributed by atoms with van der Waals surface area (Å²) in [5, 5.41) is -0.343. The first-order chi connectivity index (χ1) is 8.09. The van der Waals surface area contributed by atoms with Crippen molar-refractivity contribution < 1.29 is 8.42 Å². The van der Waals surface area contributed by atoms with E-state index in [0.29, 0.717) is 18.0 Å². The number of hydrogen-bond donors (Lipinski definition) is 1. The summed E-state index contributed by atoms with van der Waals surface area (Å²) in [5.41, 5.74) is 6.65. The monoisotopic (exact) mass is 252 g/mol. The number of aliphatic imine (C=N–C) groups is 1. The predicted molar refractivity (Wildman–Crippen MR) is 68.8 cm³/mol. The normalized spacial score (nSPS) is 23.8. The minimum absolute atomic E-state index is 0.281. The Labute approximate surface area is 101 Å². The average Bonchev–Trinajstić information content (AvgIpc) is 2.66. The molecule has 1 unspecified atom stereocenters. The molecule has 1 atom stereocenters. The van der Waals surface area contributed by atoms with E-state index in [1.807, 2.05) is 30.3 Å². The minimum Gasteiger partial charge on any atom is -0.384 e. The van der Waals surface area contributed by atoms with Crippen molar-refractivity contribution in [3.63, 3.8) is 0 Å². The lowest BCUT2D eigenvalue weighted by atomic mass is 10.2. The Kier molecular flexibility index (Phi) is 3.47. The zero-order valence-corrected chi connectivity index (χ0v) is 10.4. The third-order valence-corrected chi connectivity index (χ3v) is 5.26. The van der Waals surface area contributed by atoms with Crippen molar-refractivity contribution in [3.05, 3.63) is 35.9 Å². The van der Waals surface area contributed by atoms with Crippen molar-refractivity contribution >= 4 is 15.7 Å². The van der Waals surface area contributed by atoms with Gasteiger partial charge in [0.25, 0.3) is 0 Å². The molecule has 0 saturated carbocycles. The summed E-state index contributed by atoms with van der Waals surface area (Å²) in [4.78, 5) is 4.19. The lowest BCUT2D eigenvalue weighted by Crippen LogP contribution is -2.22. The Bertz CT molecular complexity index is 509. The van der Waals surface area contributed by atoms with Gasteiger partial charge in [0.15, 0.2) is 9.84 Å². The van der Waals surface area contributed by atoms with Gasteiger partial charge in [0, 0.05) is 5.56 Å². The Balaban J connectivity index is 2.07. The van der Waals surface area contributed by atoms with Crippen LogP contribution >= 0.6 is 0 Å². The molecule has 1 heterocycles. The summed E-state index contributed by atoms with van der Waals surface area (Å²) in [6.07, 6.45) is 1.45. The van der Waals surface area contributed by atoms with Crippen LogP contribution in [0.5, 0.6) is 0 Å². The maximum Gasteiger partial charge on any atom is 0.154 e. The van der Waals surface area contributed by atoms with Crippen LogP contribution in [0.4, 0.5) is 0 Å². The van der Waals surface area contributed by atoms with Crippen LogP contribution in [0.3, 0.4) is 0 Å².